The number of carbonyl (C=O) groups is 1. The third-order valence-corrected chi connectivity index (χ3v) is 2.86. The lowest BCUT2D eigenvalue weighted by Crippen LogP contribution is -2.31. The third-order valence-electron chi connectivity index (χ3n) is 2.86. The third kappa shape index (κ3) is 2.91. The molecular formula is C15H16N2O2. The van der Waals surface area contributed by atoms with E-state index in [1.807, 2.05) is 37.3 Å². The van der Waals surface area contributed by atoms with Crippen LogP contribution in [0.1, 0.15) is 23.0 Å². The summed E-state index contributed by atoms with van der Waals surface area (Å²) < 4.78 is 0. The van der Waals surface area contributed by atoms with E-state index in [1.54, 1.807) is 17.9 Å². The maximum atomic E-state index is 12.5. The van der Waals surface area contributed by atoms with E-state index in [9.17, 15) is 9.59 Å². The Balaban J connectivity index is 2.39. The van der Waals surface area contributed by atoms with Crippen LogP contribution in [0, 0.1) is 6.92 Å². The van der Waals surface area contributed by atoms with E-state index in [0.29, 0.717) is 17.8 Å². The van der Waals surface area contributed by atoms with E-state index in [4.69, 9.17) is 0 Å². The van der Waals surface area contributed by atoms with Crippen molar-refractivity contribution in [2.75, 3.05) is 11.4 Å². The molecule has 2 rings (SSSR count). The number of carbonyl (C=O) groups excluding carboxylic acids is 1. The maximum Gasteiger partial charge on any atom is 0.258 e. The number of aromatic nitrogens is 1. The SMILES string of the molecule is CCN(C(=O)c1cc(C)[nH]c(=O)c1)c1ccccc1. The molecule has 2 aromatic rings. The van der Waals surface area contributed by atoms with Gasteiger partial charge in [0, 0.05) is 29.6 Å². The van der Waals surface area contributed by atoms with E-state index in [0.717, 1.165) is 5.69 Å². The molecule has 0 radical (unpaired) electrons. The summed E-state index contributed by atoms with van der Waals surface area (Å²) in [4.78, 5) is 28.2. The van der Waals surface area contributed by atoms with E-state index in [1.165, 1.54) is 6.07 Å². The molecular weight excluding hydrogens is 240 g/mol. The molecule has 0 aliphatic carbocycles. The highest BCUT2D eigenvalue weighted by molar-refractivity contribution is 6.06. The second-order valence-electron chi connectivity index (χ2n) is 4.30. The number of H-pyrrole nitrogens is 1. The fraction of sp³-hybridized carbons (Fsp3) is 0.200. The van der Waals surface area contributed by atoms with Gasteiger partial charge in [-0.15, -0.1) is 0 Å². The molecule has 19 heavy (non-hydrogen) atoms. The van der Waals surface area contributed by atoms with Crippen molar-refractivity contribution >= 4 is 11.6 Å². The Morgan fingerprint density at radius 2 is 1.89 bits per heavy atom. The number of nitrogens with zero attached hydrogens (tertiary/aromatic N) is 1. The highest BCUT2D eigenvalue weighted by Crippen LogP contribution is 2.16. The summed E-state index contributed by atoms with van der Waals surface area (Å²) in [6, 6.07) is 12.4. The predicted octanol–water partition coefficient (Wildman–Crippen LogP) is 2.35. The summed E-state index contributed by atoms with van der Waals surface area (Å²) in [5, 5.41) is 0. The fourth-order valence-corrected chi connectivity index (χ4v) is 2.01. The molecule has 0 fully saturated rings. The summed E-state index contributed by atoms with van der Waals surface area (Å²) in [5.74, 6) is -0.164. The zero-order valence-electron chi connectivity index (χ0n) is 11.0. The Hall–Kier alpha value is -2.36. The van der Waals surface area contributed by atoms with Crippen LogP contribution in [0.2, 0.25) is 0 Å². The molecule has 1 aromatic carbocycles. The molecule has 1 N–H and O–H groups in total. The zero-order valence-corrected chi connectivity index (χ0v) is 11.0. The molecule has 0 saturated carbocycles. The first-order valence-electron chi connectivity index (χ1n) is 6.19. The van der Waals surface area contributed by atoms with Crippen molar-refractivity contribution in [1.29, 1.82) is 0 Å². The van der Waals surface area contributed by atoms with Gasteiger partial charge < -0.3 is 9.88 Å². The summed E-state index contributed by atoms with van der Waals surface area (Å²) >= 11 is 0. The predicted molar refractivity (Wildman–Crippen MR) is 75.6 cm³/mol. The highest BCUT2D eigenvalue weighted by Gasteiger charge is 2.16. The largest absolute Gasteiger partial charge is 0.326 e. The molecule has 1 amide bonds. The fourth-order valence-electron chi connectivity index (χ4n) is 2.01. The van der Waals surface area contributed by atoms with Crippen LogP contribution in [0.25, 0.3) is 0 Å². The number of rotatable bonds is 3. The number of amides is 1. The van der Waals surface area contributed by atoms with Crippen molar-refractivity contribution in [1.82, 2.24) is 4.98 Å². The van der Waals surface area contributed by atoms with E-state index in [2.05, 4.69) is 4.98 Å². The van der Waals surface area contributed by atoms with Crippen molar-refractivity contribution in [2.24, 2.45) is 0 Å². The van der Waals surface area contributed by atoms with Gasteiger partial charge in [-0.3, -0.25) is 9.59 Å². The molecule has 0 aliphatic heterocycles. The van der Waals surface area contributed by atoms with Crippen LogP contribution in [0.5, 0.6) is 0 Å². The minimum absolute atomic E-state index is 0.164. The first kappa shape index (κ1) is 13.1. The molecule has 0 unspecified atom stereocenters. The van der Waals surface area contributed by atoms with E-state index < -0.39 is 0 Å². The number of nitrogens with one attached hydrogen (secondary N) is 1. The number of pyridine rings is 1. The lowest BCUT2D eigenvalue weighted by molar-refractivity contribution is 0.0988. The highest BCUT2D eigenvalue weighted by atomic mass is 16.2. The Labute approximate surface area is 111 Å². The van der Waals surface area contributed by atoms with Crippen LogP contribution in [0.15, 0.2) is 47.3 Å². The van der Waals surface area contributed by atoms with Gasteiger partial charge in [-0.2, -0.15) is 0 Å². The van der Waals surface area contributed by atoms with Gasteiger partial charge in [0.25, 0.3) is 5.91 Å². The van der Waals surface area contributed by atoms with Gasteiger partial charge in [0.05, 0.1) is 0 Å². The van der Waals surface area contributed by atoms with E-state index in [-0.39, 0.29) is 11.5 Å². The van der Waals surface area contributed by atoms with Gasteiger partial charge in [-0.05, 0) is 32.0 Å². The number of aryl methyl sites for hydroxylation is 1. The van der Waals surface area contributed by atoms with Crippen molar-refractivity contribution < 1.29 is 4.79 Å². The van der Waals surface area contributed by atoms with Crippen molar-refractivity contribution in [3.8, 4) is 0 Å². The molecule has 0 bridgehead atoms. The van der Waals surface area contributed by atoms with Gasteiger partial charge in [-0.1, -0.05) is 18.2 Å². The van der Waals surface area contributed by atoms with Crippen LogP contribution in [0.4, 0.5) is 5.69 Å². The molecule has 98 valence electrons. The first-order chi connectivity index (χ1) is 9.11. The van der Waals surface area contributed by atoms with Gasteiger partial charge in [0.1, 0.15) is 0 Å². The average Bonchev–Trinajstić information content (AvgIpc) is 2.39. The van der Waals surface area contributed by atoms with Crippen LogP contribution in [0.3, 0.4) is 0 Å². The molecule has 1 aromatic heterocycles. The summed E-state index contributed by atoms with van der Waals surface area (Å²) in [5.41, 5.74) is 1.66. The smallest absolute Gasteiger partial charge is 0.258 e. The van der Waals surface area contributed by atoms with Crippen LogP contribution < -0.4 is 10.5 Å². The number of benzene rings is 1. The second kappa shape index (κ2) is 5.52. The quantitative estimate of drug-likeness (QED) is 0.916. The number of aromatic amines is 1. The second-order valence-corrected chi connectivity index (χ2v) is 4.30. The Morgan fingerprint density at radius 3 is 2.47 bits per heavy atom. The van der Waals surface area contributed by atoms with E-state index >= 15 is 0 Å². The Morgan fingerprint density at radius 1 is 1.21 bits per heavy atom. The normalized spacial score (nSPS) is 10.2. The average molecular weight is 256 g/mol. The van der Waals surface area contributed by atoms with Crippen LogP contribution in [-0.4, -0.2) is 17.4 Å². The lowest BCUT2D eigenvalue weighted by atomic mass is 10.2. The number of hydrogen-bond donors (Lipinski definition) is 1. The summed E-state index contributed by atoms with van der Waals surface area (Å²) in [7, 11) is 0. The molecule has 4 heteroatoms. The summed E-state index contributed by atoms with van der Waals surface area (Å²) in [6.45, 7) is 4.22. The molecule has 1 heterocycles. The molecule has 0 atom stereocenters. The topological polar surface area (TPSA) is 53.2 Å². The van der Waals surface area contributed by atoms with Crippen molar-refractivity contribution in [3.63, 3.8) is 0 Å². The molecule has 0 spiro atoms. The maximum absolute atomic E-state index is 12.5. The van der Waals surface area contributed by atoms with Gasteiger partial charge in [-0.25, -0.2) is 0 Å². The minimum Gasteiger partial charge on any atom is -0.326 e. The first-order valence-corrected chi connectivity index (χ1v) is 6.19. The lowest BCUT2D eigenvalue weighted by Gasteiger charge is -2.21. The summed E-state index contributed by atoms with van der Waals surface area (Å²) in [6.07, 6.45) is 0. The molecule has 4 nitrogen and oxygen atoms in total. The number of para-hydroxylation sites is 1. The molecule has 0 aliphatic rings. The number of anilines is 1. The zero-order chi connectivity index (χ0) is 13.8. The molecule has 0 saturated heterocycles. The Kier molecular flexibility index (Phi) is 3.80. The monoisotopic (exact) mass is 256 g/mol. The van der Waals surface area contributed by atoms with Gasteiger partial charge >= 0.3 is 0 Å². The standard InChI is InChI=1S/C15H16N2O2/c1-3-17(13-7-5-4-6-8-13)15(19)12-9-11(2)16-14(18)10-12/h4-10H,3H2,1-2H3,(H,16,18). The van der Waals surface area contributed by atoms with Gasteiger partial charge in [0.2, 0.25) is 5.56 Å². The minimum atomic E-state index is -0.257. The van der Waals surface area contributed by atoms with Crippen molar-refractivity contribution in [2.45, 2.75) is 13.8 Å². The van der Waals surface area contributed by atoms with Gasteiger partial charge in [0.15, 0.2) is 0 Å². The number of hydrogen-bond acceptors (Lipinski definition) is 2. The van der Waals surface area contributed by atoms with Crippen LogP contribution in [-0.2, 0) is 0 Å². The Bertz CT molecular complexity index is 632. The van der Waals surface area contributed by atoms with Crippen molar-refractivity contribution in [3.05, 3.63) is 64.1 Å². The van der Waals surface area contributed by atoms with Crippen LogP contribution >= 0.6 is 0 Å².